The number of ether oxygens (including phenoxy) is 1. The number of benzene rings is 1. The van der Waals surface area contributed by atoms with Crippen LogP contribution in [0.5, 0.6) is 0 Å². The molecule has 4 nitrogen and oxygen atoms in total. The van der Waals surface area contributed by atoms with Crippen LogP contribution < -0.4 is 5.32 Å². The number of esters is 1. The van der Waals surface area contributed by atoms with Gasteiger partial charge in [0.2, 0.25) is 0 Å². The van der Waals surface area contributed by atoms with Crippen molar-refractivity contribution in [1.29, 1.82) is 0 Å². The van der Waals surface area contributed by atoms with Gasteiger partial charge in [-0.3, -0.25) is 9.69 Å². The van der Waals surface area contributed by atoms with E-state index in [1.54, 1.807) is 0 Å². The number of hydrogen-bond donors (Lipinski definition) is 1. The van der Waals surface area contributed by atoms with Gasteiger partial charge in [-0.25, -0.2) is 4.39 Å². The SMILES string of the molecule is CN(CC(=O)OCc1ccccc1)C[C@H]1CNCC1F. The fraction of sp³-hybridized carbons (Fsp3) is 0.533. The molecule has 2 atom stereocenters. The van der Waals surface area contributed by atoms with Gasteiger partial charge in [0.05, 0.1) is 6.54 Å². The highest BCUT2D eigenvalue weighted by molar-refractivity contribution is 5.71. The van der Waals surface area contributed by atoms with Crippen LogP contribution in [0.15, 0.2) is 30.3 Å². The van der Waals surface area contributed by atoms with Crippen LogP contribution in [0.25, 0.3) is 0 Å². The van der Waals surface area contributed by atoms with Crippen LogP contribution in [0, 0.1) is 5.92 Å². The fourth-order valence-electron chi connectivity index (χ4n) is 2.35. The molecule has 0 aliphatic carbocycles. The zero-order chi connectivity index (χ0) is 14.4. The van der Waals surface area contributed by atoms with Gasteiger partial charge in [0, 0.05) is 25.6 Å². The first-order valence-corrected chi connectivity index (χ1v) is 6.88. The zero-order valence-electron chi connectivity index (χ0n) is 11.7. The first-order valence-electron chi connectivity index (χ1n) is 6.88. The second-order valence-corrected chi connectivity index (χ2v) is 5.28. The van der Waals surface area contributed by atoms with Gasteiger partial charge < -0.3 is 10.1 Å². The number of nitrogens with one attached hydrogen (secondary N) is 1. The van der Waals surface area contributed by atoms with E-state index in [9.17, 15) is 9.18 Å². The monoisotopic (exact) mass is 280 g/mol. The topological polar surface area (TPSA) is 41.6 Å². The molecule has 1 heterocycles. The molecule has 1 fully saturated rings. The summed E-state index contributed by atoms with van der Waals surface area (Å²) in [4.78, 5) is 13.5. The molecule has 2 rings (SSSR count). The molecule has 0 amide bonds. The summed E-state index contributed by atoms with van der Waals surface area (Å²) in [5.41, 5.74) is 0.965. The molecule has 0 spiro atoms. The molecule has 0 radical (unpaired) electrons. The summed E-state index contributed by atoms with van der Waals surface area (Å²) in [6.45, 7) is 2.12. The summed E-state index contributed by atoms with van der Waals surface area (Å²) in [6.07, 6.45) is -0.821. The number of rotatable bonds is 6. The van der Waals surface area contributed by atoms with E-state index in [-0.39, 0.29) is 25.0 Å². The second-order valence-electron chi connectivity index (χ2n) is 5.28. The van der Waals surface area contributed by atoms with Crippen LogP contribution in [-0.4, -0.2) is 50.3 Å². The summed E-state index contributed by atoms with van der Waals surface area (Å²) < 4.78 is 18.6. The molecule has 5 heteroatoms. The van der Waals surface area contributed by atoms with Crippen molar-refractivity contribution < 1.29 is 13.9 Å². The quantitative estimate of drug-likeness (QED) is 0.796. The summed E-state index contributed by atoms with van der Waals surface area (Å²) in [5, 5.41) is 3.01. The van der Waals surface area contributed by atoms with E-state index in [1.807, 2.05) is 42.3 Å². The van der Waals surface area contributed by atoms with Crippen LogP contribution in [0.4, 0.5) is 4.39 Å². The Labute approximate surface area is 118 Å². The van der Waals surface area contributed by atoms with Crippen molar-refractivity contribution in [3.8, 4) is 0 Å². The summed E-state index contributed by atoms with van der Waals surface area (Å²) in [5.74, 6) is -0.320. The lowest BCUT2D eigenvalue weighted by molar-refractivity contribution is -0.146. The van der Waals surface area contributed by atoms with Crippen molar-refractivity contribution in [1.82, 2.24) is 10.2 Å². The Balaban J connectivity index is 1.68. The van der Waals surface area contributed by atoms with E-state index in [0.29, 0.717) is 19.6 Å². The van der Waals surface area contributed by atoms with Crippen LogP contribution in [-0.2, 0) is 16.1 Å². The third kappa shape index (κ3) is 4.58. The molecule has 0 aromatic heterocycles. The molecule has 20 heavy (non-hydrogen) atoms. The Bertz CT molecular complexity index is 427. The number of halogens is 1. The number of alkyl halides is 1. The highest BCUT2D eigenvalue weighted by atomic mass is 19.1. The number of likely N-dealkylation sites (N-methyl/N-ethyl adjacent to an activating group) is 1. The Morgan fingerprint density at radius 2 is 2.15 bits per heavy atom. The lowest BCUT2D eigenvalue weighted by atomic mass is 10.1. The molecule has 1 aromatic rings. The maximum atomic E-state index is 13.4. The van der Waals surface area contributed by atoms with Gasteiger partial charge in [-0.05, 0) is 12.6 Å². The van der Waals surface area contributed by atoms with Crippen molar-refractivity contribution >= 4 is 5.97 Å². The molecule has 1 saturated heterocycles. The maximum Gasteiger partial charge on any atom is 0.320 e. The van der Waals surface area contributed by atoms with Crippen molar-refractivity contribution in [3.63, 3.8) is 0 Å². The van der Waals surface area contributed by atoms with Gasteiger partial charge in [-0.15, -0.1) is 0 Å². The number of carbonyl (C=O) groups excluding carboxylic acids is 1. The Hall–Kier alpha value is -1.46. The third-order valence-electron chi connectivity index (χ3n) is 3.45. The Morgan fingerprint density at radius 1 is 1.40 bits per heavy atom. The smallest absolute Gasteiger partial charge is 0.320 e. The van der Waals surface area contributed by atoms with E-state index in [0.717, 1.165) is 5.56 Å². The van der Waals surface area contributed by atoms with Gasteiger partial charge in [-0.2, -0.15) is 0 Å². The predicted octanol–water partition coefficient (Wildman–Crippen LogP) is 1.22. The van der Waals surface area contributed by atoms with E-state index >= 15 is 0 Å². The molecule has 1 unspecified atom stereocenters. The average molecular weight is 280 g/mol. The van der Waals surface area contributed by atoms with Crippen molar-refractivity contribution in [2.45, 2.75) is 12.8 Å². The van der Waals surface area contributed by atoms with E-state index in [1.165, 1.54) is 0 Å². The summed E-state index contributed by atoms with van der Waals surface area (Å²) in [7, 11) is 1.81. The van der Waals surface area contributed by atoms with Gasteiger partial charge in [0.15, 0.2) is 0 Å². The van der Waals surface area contributed by atoms with Crippen molar-refractivity contribution in [3.05, 3.63) is 35.9 Å². The van der Waals surface area contributed by atoms with Crippen molar-refractivity contribution in [2.75, 3.05) is 33.2 Å². The zero-order valence-corrected chi connectivity index (χ0v) is 11.7. The second kappa shape index (κ2) is 7.36. The van der Waals surface area contributed by atoms with Crippen LogP contribution in [0.3, 0.4) is 0 Å². The third-order valence-corrected chi connectivity index (χ3v) is 3.45. The fourth-order valence-corrected chi connectivity index (χ4v) is 2.35. The predicted molar refractivity (Wildman–Crippen MR) is 75.0 cm³/mol. The summed E-state index contributed by atoms with van der Waals surface area (Å²) in [6, 6.07) is 9.56. The Kier molecular flexibility index (Phi) is 5.49. The van der Waals surface area contributed by atoms with Gasteiger partial charge in [0.25, 0.3) is 0 Å². The molecule has 110 valence electrons. The average Bonchev–Trinajstić information content (AvgIpc) is 2.83. The largest absolute Gasteiger partial charge is 0.460 e. The lowest BCUT2D eigenvalue weighted by Gasteiger charge is -2.20. The molecular formula is C15H21FN2O2. The minimum Gasteiger partial charge on any atom is -0.460 e. The van der Waals surface area contributed by atoms with Crippen LogP contribution >= 0.6 is 0 Å². The highest BCUT2D eigenvalue weighted by Crippen LogP contribution is 2.13. The van der Waals surface area contributed by atoms with Crippen LogP contribution in [0.1, 0.15) is 5.56 Å². The standard InChI is InChI=1S/C15H21FN2O2/c1-18(9-13-7-17-8-14(13)16)10-15(19)20-11-12-5-3-2-4-6-12/h2-6,13-14,17H,7-11H2,1H3/t13-,14?/m1/s1. The first-order chi connectivity index (χ1) is 9.65. The van der Waals surface area contributed by atoms with Crippen LogP contribution in [0.2, 0.25) is 0 Å². The molecule has 1 aromatic carbocycles. The minimum absolute atomic E-state index is 0.0399. The minimum atomic E-state index is -0.821. The van der Waals surface area contributed by atoms with E-state index in [2.05, 4.69) is 5.32 Å². The highest BCUT2D eigenvalue weighted by Gasteiger charge is 2.27. The van der Waals surface area contributed by atoms with Gasteiger partial charge >= 0.3 is 5.97 Å². The molecule has 1 N–H and O–H groups in total. The first kappa shape index (κ1) is 14.9. The molecule has 1 aliphatic heterocycles. The molecule has 0 bridgehead atoms. The molecule has 0 saturated carbocycles. The number of carbonyl (C=O) groups is 1. The van der Waals surface area contributed by atoms with Crippen molar-refractivity contribution in [2.24, 2.45) is 5.92 Å². The van der Waals surface area contributed by atoms with Gasteiger partial charge in [0.1, 0.15) is 12.8 Å². The van der Waals surface area contributed by atoms with Gasteiger partial charge in [-0.1, -0.05) is 30.3 Å². The number of hydrogen-bond acceptors (Lipinski definition) is 4. The Morgan fingerprint density at radius 3 is 2.80 bits per heavy atom. The molecule has 1 aliphatic rings. The normalized spacial score (nSPS) is 22.1. The van der Waals surface area contributed by atoms with E-state index < -0.39 is 6.17 Å². The maximum absolute atomic E-state index is 13.4. The van der Waals surface area contributed by atoms with E-state index in [4.69, 9.17) is 4.74 Å². The lowest BCUT2D eigenvalue weighted by Crippen LogP contribution is -2.34. The summed E-state index contributed by atoms with van der Waals surface area (Å²) >= 11 is 0. The number of nitrogens with zero attached hydrogens (tertiary/aromatic N) is 1. The molecular weight excluding hydrogens is 259 g/mol.